The summed E-state index contributed by atoms with van der Waals surface area (Å²) in [5.74, 6) is 0.716. The number of halogens is 2. The first-order valence-corrected chi connectivity index (χ1v) is 6.33. The van der Waals surface area contributed by atoms with Crippen LogP contribution in [-0.4, -0.2) is 23.0 Å². The molecule has 104 valence electrons. The lowest BCUT2D eigenvalue weighted by molar-refractivity contribution is 0.146. The molecule has 1 aliphatic carbocycles. The van der Waals surface area contributed by atoms with Crippen LogP contribution in [0.4, 0.5) is 8.78 Å². The van der Waals surface area contributed by atoms with E-state index in [9.17, 15) is 8.78 Å². The molecule has 1 fully saturated rings. The number of aromatic nitrogens is 2. The average Bonchev–Trinajstić information content (AvgIpc) is 3.04. The van der Waals surface area contributed by atoms with Gasteiger partial charge in [0, 0.05) is 30.6 Å². The van der Waals surface area contributed by atoms with E-state index in [0.717, 1.165) is 12.1 Å². The minimum atomic E-state index is -2.56. The van der Waals surface area contributed by atoms with Crippen molar-refractivity contribution in [2.75, 3.05) is 6.54 Å². The number of hydrogen-bond acceptors (Lipinski definition) is 3. The summed E-state index contributed by atoms with van der Waals surface area (Å²) in [6.07, 6.45) is 2.12. The third kappa shape index (κ3) is 4.15. The molecule has 0 saturated heterocycles. The summed E-state index contributed by atoms with van der Waals surface area (Å²) < 4.78 is 24.9. The highest BCUT2D eigenvalue weighted by Gasteiger charge is 2.20. The van der Waals surface area contributed by atoms with Crippen LogP contribution in [0.25, 0.3) is 0 Å². The normalized spacial score (nSPS) is 17.3. The third-order valence-electron chi connectivity index (χ3n) is 3.07. The Balaban J connectivity index is 1.99. The molecule has 0 amide bonds. The molecule has 0 aromatic carbocycles. The molecule has 6 heteroatoms. The minimum Gasteiger partial charge on any atom is -0.402 e. The molecular weight excluding hydrogens is 250 g/mol. The number of alkyl halides is 2. The molecule has 1 aromatic heterocycles. The summed E-state index contributed by atoms with van der Waals surface area (Å²) in [4.78, 5) is 4.35. The van der Waals surface area contributed by atoms with Gasteiger partial charge in [-0.05, 0) is 37.3 Å². The van der Waals surface area contributed by atoms with Crippen molar-refractivity contribution in [1.82, 2.24) is 10.2 Å². The Morgan fingerprint density at radius 3 is 2.89 bits per heavy atom. The number of aromatic amines is 1. The number of aliphatic imine (C=N–C) groups is 1. The highest BCUT2D eigenvalue weighted by molar-refractivity contribution is 5.80. The van der Waals surface area contributed by atoms with Crippen molar-refractivity contribution in [2.24, 2.45) is 16.6 Å². The number of nitrogens with one attached hydrogen (secondary N) is 1. The summed E-state index contributed by atoms with van der Waals surface area (Å²) in [6, 6.07) is 1.36. The Morgan fingerprint density at radius 1 is 1.63 bits per heavy atom. The van der Waals surface area contributed by atoms with Gasteiger partial charge in [0.2, 0.25) is 0 Å². The van der Waals surface area contributed by atoms with E-state index in [1.165, 1.54) is 18.9 Å². The molecule has 0 radical (unpaired) electrons. The van der Waals surface area contributed by atoms with Crippen LogP contribution in [-0.2, 0) is 6.42 Å². The van der Waals surface area contributed by atoms with Crippen LogP contribution < -0.4 is 5.73 Å². The maximum Gasteiger partial charge on any atom is 0.282 e. The molecule has 0 bridgehead atoms. The van der Waals surface area contributed by atoms with E-state index in [1.54, 1.807) is 13.1 Å². The first-order chi connectivity index (χ1) is 9.06. The monoisotopic (exact) mass is 268 g/mol. The van der Waals surface area contributed by atoms with Crippen LogP contribution in [0.2, 0.25) is 0 Å². The second-order valence-electron chi connectivity index (χ2n) is 4.94. The van der Waals surface area contributed by atoms with Gasteiger partial charge >= 0.3 is 0 Å². The van der Waals surface area contributed by atoms with Gasteiger partial charge in [0.05, 0.1) is 0 Å². The van der Waals surface area contributed by atoms with Crippen molar-refractivity contribution in [3.63, 3.8) is 0 Å². The Hall–Kier alpha value is -1.72. The molecule has 4 nitrogen and oxygen atoms in total. The first kappa shape index (κ1) is 13.7. The number of nitrogens with two attached hydrogens (primary N) is 1. The van der Waals surface area contributed by atoms with Crippen molar-refractivity contribution in [2.45, 2.75) is 32.6 Å². The van der Waals surface area contributed by atoms with E-state index in [0.29, 0.717) is 23.7 Å². The van der Waals surface area contributed by atoms with Gasteiger partial charge in [-0.1, -0.05) is 0 Å². The van der Waals surface area contributed by atoms with Gasteiger partial charge in [-0.2, -0.15) is 5.10 Å². The van der Waals surface area contributed by atoms with Crippen LogP contribution in [0.15, 0.2) is 22.3 Å². The molecule has 0 unspecified atom stereocenters. The first-order valence-electron chi connectivity index (χ1n) is 6.33. The number of rotatable bonds is 6. The molecular formula is C13H18F2N4. The van der Waals surface area contributed by atoms with Crippen LogP contribution in [0.3, 0.4) is 0 Å². The Labute approximate surface area is 110 Å². The van der Waals surface area contributed by atoms with Gasteiger partial charge in [-0.15, -0.1) is 0 Å². The molecule has 0 spiro atoms. The molecule has 1 aromatic rings. The van der Waals surface area contributed by atoms with Crippen LogP contribution in [0.5, 0.6) is 0 Å². The van der Waals surface area contributed by atoms with Crippen LogP contribution >= 0.6 is 0 Å². The largest absolute Gasteiger partial charge is 0.402 e. The summed E-state index contributed by atoms with van der Waals surface area (Å²) >= 11 is 0. The van der Waals surface area contributed by atoms with Gasteiger partial charge < -0.3 is 5.73 Å². The number of hydrogen-bond donors (Lipinski definition) is 2. The fraction of sp³-hybridized carbons (Fsp3) is 0.538. The van der Waals surface area contributed by atoms with Crippen LogP contribution in [0.1, 0.15) is 37.6 Å². The van der Waals surface area contributed by atoms with Crippen molar-refractivity contribution in [3.8, 4) is 0 Å². The van der Waals surface area contributed by atoms with Crippen molar-refractivity contribution < 1.29 is 8.78 Å². The van der Waals surface area contributed by atoms with Crippen molar-refractivity contribution >= 4 is 6.21 Å². The highest BCUT2D eigenvalue weighted by atomic mass is 19.3. The second-order valence-corrected chi connectivity index (χ2v) is 4.94. The quantitative estimate of drug-likeness (QED) is 0.779. The van der Waals surface area contributed by atoms with E-state index in [1.807, 2.05) is 0 Å². The van der Waals surface area contributed by atoms with Gasteiger partial charge in [0.25, 0.3) is 6.43 Å². The minimum absolute atomic E-state index is 0.237. The van der Waals surface area contributed by atoms with Gasteiger partial charge in [0.15, 0.2) is 0 Å². The van der Waals surface area contributed by atoms with Crippen LogP contribution in [0, 0.1) is 5.92 Å². The SMILES string of the molecule is CC(N)=C(C=NCC1CC1)Cc1cc(C(F)F)n[nH]1. The fourth-order valence-corrected chi connectivity index (χ4v) is 1.69. The zero-order chi connectivity index (χ0) is 13.8. The molecule has 1 heterocycles. The van der Waals surface area contributed by atoms with E-state index >= 15 is 0 Å². The highest BCUT2D eigenvalue weighted by Crippen LogP contribution is 2.28. The lowest BCUT2D eigenvalue weighted by Gasteiger charge is -2.02. The molecule has 3 N–H and O–H groups in total. The Bertz CT molecular complexity index is 483. The van der Waals surface area contributed by atoms with Crippen molar-refractivity contribution in [1.29, 1.82) is 0 Å². The molecule has 0 aliphatic heterocycles. The van der Waals surface area contributed by atoms with Gasteiger partial charge in [-0.25, -0.2) is 8.78 Å². The molecule has 19 heavy (non-hydrogen) atoms. The number of nitrogens with zero attached hydrogens (tertiary/aromatic N) is 2. The van der Waals surface area contributed by atoms with Gasteiger partial charge in [-0.3, -0.25) is 10.1 Å². The molecule has 0 atom stereocenters. The lowest BCUT2D eigenvalue weighted by atomic mass is 10.1. The van der Waals surface area contributed by atoms with Gasteiger partial charge in [0.1, 0.15) is 5.69 Å². The Kier molecular flexibility index (Phi) is 4.29. The van der Waals surface area contributed by atoms with E-state index in [-0.39, 0.29) is 5.69 Å². The second kappa shape index (κ2) is 5.95. The maximum absolute atomic E-state index is 12.4. The fourth-order valence-electron chi connectivity index (χ4n) is 1.69. The topological polar surface area (TPSA) is 67.1 Å². The molecule has 2 rings (SSSR count). The summed E-state index contributed by atoms with van der Waals surface area (Å²) in [5, 5.41) is 6.17. The van der Waals surface area contributed by atoms with Crippen molar-refractivity contribution in [3.05, 3.63) is 28.7 Å². The zero-order valence-corrected chi connectivity index (χ0v) is 10.9. The summed E-state index contributed by atoms with van der Waals surface area (Å²) in [5.41, 5.74) is 7.66. The zero-order valence-electron chi connectivity index (χ0n) is 10.9. The number of H-pyrrole nitrogens is 1. The maximum atomic E-state index is 12.4. The average molecular weight is 268 g/mol. The number of allylic oxidation sites excluding steroid dienone is 2. The standard InChI is InChI=1S/C13H18F2N4/c1-8(16)10(7-17-6-9-2-3-9)4-11-5-12(13(14)15)19-18-11/h5,7,9,13H,2-4,6,16H2,1H3,(H,18,19). The van der Waals surface area contributed by atoms with E-state index in [4.69, 9.17) is 5.73 Å². The predicted octanol–water partition coefficient (Wildman–Crippen LogP) is 2.60. The molecule has 1 aliphatic rings. The molecule has 1 saturated carbocycles. The summed E-state index contributed by atoms with van der Waals surface area (Å²) in [6.45, 7) is 2.60. The van der Waals surface area contributed by atoms with E-state index < -0.39 is 6.43 Å². The third-order valence-corrected chi connectivity index (χ3v) is 3.07. The predicted molar refractivity (Wildman–Crippen MR) is 70.2 cm³/mol. The Morgan fingerprint density at radius 2 is 2.37 bits per heavy atom. The lowest BCUT2D eigenvalue weighted by Crippen LogP contribution is -2.04. The van der Waals surface area contributed by atoms with E-state index in [2.05, 4.69) is 15.2 Å². The summed E-state index contributed by atoms with van der Waals surface area (Å²) in [7, 11) is 0. The smallest absolute Gasteiger partial charge is 0.282 e.